The number of aryl methyl sites for hydroxylation is 1. The molecule has 1 aliphatic rings. The van der Waals surface area contributed by atoms with E-state index in [1.54, 1.807) is 6.20 Å². The number of anilines is 1. The number of nitrogens with one attached hydrogen (secondary N) is 3. The standard InChI is InChI=1S/C22H28ClN7.HI/c1-2-24-22(26-13-6-10-20-28-18-8-3-4-9-19(18)29-20)27-16-11-14-30(15-16)21-17(23)7-5-12-25-21;/h3-5,7-9,12,16H,2,6,10-11,13-15H2,1H3,(H,28,29)(H2,24,26,27);1H. The first-order valence-electron chi connectivity index (χ1n) is 10.6. The summed E-state index contributed by atoms with van der Waals surface area (Å²) in [6.07, 6.45) is 4.63. The maximum absolute atomic E-state index is 6.30. The largest absolute Gasteiger partial charge is 0.357 e. The molecule has 7 nitrogen and oxygen atoms in total. The third-order valence-corrected chi connectivity index (χ3v) is 5.49. The van der Waals surface area contributed by atoms with Crippen LogP contribution < -0.4 is 15.5 Å². The summed E-state index contributed by atoms with van der Waals surface area (Å²) in [4.78, 5) is 19.4. The molecule has 166 valence electrons. The summed E-state index contributed by atoms with van der Waals surface area (Å²) in [6.45, 7) is 5.45. The molecule has 3 N–H and O–H groups in total. The lowest BCUT2D eigenvalue weighted by atomic mass is 10.3. The first-order valence-corrected chi connectivity index (χ1v) is 10.9. The van der Waals surface area contributed by atoms with E-state index in [1.165, 1.54) is 0 Å². The van der Waals surface area contributed by atoms with Crippen molar-refractivity contribution >= 4 is 58.4 Å². The van der Waals surface area contributed by atoms with Crippen molar-refractivity contribution in [3.63, 3.8) is 0 Å². The van der Waals surface area contributed by atoms with Crippen molar-refractivity contribution in [2.45, 2.75) is 32.2 Å². The van der Waals surface area contributed by atoms with E-state index in [0.29, 0.717) is 11.1 Å². The van der Waals surface area contributed by atoms with Gasteiger partial charge < -0.3 is 20.5 Å². The van der Waals surface area contributed by atoms with Gasteiger partial charge in [-0.2, -0.15) is 0 Å². The molecule has 0 radical (unpaired) electrons. The van der Waals surface area contributed by atoms with Crippen molar-refractivity contribution in [2.75, 3.05) is 31.1 Å². The van der Waals surface area contributed by atoms with Crippen LogP contribution in [0.1, 0.15) is 25.6 Å². The van der Waals surface area contributed by atoms with Crippen LogP contribution in [-0.2, 0) is 6.42 Å². The Morgan fingerprint density at radius 3 is 2.97 bits per heavy atom. The molecular formula is C22H29ClIN7. The molecule has 9 heteroatoms. The molecule has 2 aromatic heterocycles. The van der Waals surface area contributed by atoms with Gasteiger partial charge in [0.2, 0.25) is 0 Å². The lowest BCUT2D eigenvalue weighted by molar-refractivity contribution is 0.646. The van der Waals surface area contributed by atoms with E-state index in [4.69, 9.17) is 16.6 Å². The van der Waals surface area contributed by atoms with E-state index < -0.39 is 0 Å². The Balaban J connectivity index is 0.00000272. The third kappa shape index (κ3) is 6.22. The third-order valence-electron chi connectivity index (χ3n) is 5.19. The van der Waals surface area contributed by atoms with E-state index >= 15 is 0 Å². The Hall–Kier alpha value is -2.07. The smallest absolute Gasteiger partial charge is 0.191 e. The first-order chi connectivity index (χ1) is 14.7. The van der Waals surface area contributed by atoms with Crippen molar-refractivity contribution in [1.29, 1.82) is 0 Å². The fourth-order valence-corrected chi connectivity index (χ4v) is 4.00. The van der Waals surface area contributed by atoms with Crippen LogP contribution in [0.25, 0.3) is 11.0 Å². The Labute approximate surface area is 205 Å². The Kier molecular flexibility index (Phi) is 8.77. The summed E-state index contributed by atoms with van der Waals surface area (Å²) in [5, 5.41) is 7.61. The quantitative estimate of drug-likeness (QED) is 0.178. The number of aromatic amines is 1. The minimum Gasteiger partial charge on any atom is -0.357 e. The molecule has 1 atom stereocenters. The molecule has 1 unspecified atom stereocenters. The van der Waals surface area contributed by atoms with Crippen LogP contribution in [0.2, 0.25) is 5.02 Å². The van der Waals surface area contributed by atoms with E-state index in [9.17, 15) is 0 Å². The molecule has 0 aliphatic carbocycles. The van der Waals surface area contributed by atoms with Crippen LogP contribution in [0.5, 0.6) is 0 Å². The number of aliphatic imine (C=N–C) groups is 1. The summed E-state index contributed by atoms with van der Waals surface area (Å²) in [7, 11) is 0. The summed E-state index contributed by atoms with van der Waals surface area (Å²) in [5.41, 5.74) is 2.11. The van der Waals surface area contributed by atoms with E-state index in [1.807, 2.05) is 30.3 Å². The average Bonchev–Trinajstić information content (AvgIpc) is 3.38. The van der Waals surface area contributed by atoms with Crippen molar-refractivity contribution in [3.8, 4) is 0 Å². The number of fused-ring (bicyclic) bond motifs is 1. The van der Waals surface area contributed by atoms with E-state index in [2.05, 4.69) is 43.5 Å². The van der Waals surface area contributed by atoms with Gasteiger partial charge in [-0.05, 0) is 44.0 Å². The molecule has 3 heterocycles. The highest BCUT2D eigenvalue weighted by Crippen LogP contribution is 2.25. The summed E-state index contributed by atoms with van der Waals surface area (Å²) >= 11 is 6.30. The molecule has 0 saturated carbocycles. The lowest BCUT2D eigenvalue weighted by Gasteiger charge is -2.20. The molecular weight excluding hydrogens is 525 g/mol. The normalized spacial score (nSPS) is 16.4. The Bertz CT molecular complexity index is 973. The van der Waals surface area contributed by atoms with Gasteiger partial charge in [0.05, 0.1) is 16.1 Å². The topological polar surface area (TPSA) is 81.2 Å². The van der Waals surface area contributed by atoms with Crippen LogP contribution in [0.3, 0.4) is 0 Å². The van der Waals surface area contributed by atoms with Gasteiger partial charge in [0.1, 0.15) is 11.6 Å². The number of aromatic nitrogens is 3. The number of hydrogen-bond acceptors (Lipinski definition) is 4. The second-order valence-electron chi connectivity index (χ2n) is 7.45. The SMILES string of the molecule is CCNC(=NCCCc1nc2ccccc2[nH]1)NC1CCN(c2ncccc2Cl)C1.I. The van der Waals surface area contributed by atoms with Crippen molar-refractivity contribution in [1.82, 2.24) is 25.6 Å². The number of guanidine groups is 1. The molecule has 4 rings (SSSR count). The molecule has 0 bridgehead atoms. The number of rotatable bonds is 7. The molecule has 1 fully saturated rings. The zero-order valence-corrected chi connectivity index (χ0v) is 20.7. The molecule has 31 heavy (non-hydrogen) atoms. The predicted octanol–water partition coefficient (Wildman–Crippen LogP) is 4.00. The average molecular weight is 554 g/mol. The number of para-hydroxylation sites is 2. The van der Waals surface area contributed by atoms with Gasteiger partial charge in [-0.15, -0.1) is 24.0 Å². The highest BCUT2D eigenvalue weighted by atomic mass is 127. The highest BCUT2D eigenvalue weighted by molar-refractivity contribution is 14.0. The number of H-pyrrole nitrogens is 1. The van der Waals surface area contributed by atoms with Crippen molar-refractivity contribution < 1.29 is 0 Å². The van der Waals surface area contributed by atoms with Gasteiger partial charge >= 0.3 is 0 Å². The number of nitrogens with zero attached hydrogens (tertiary/aromatic N) is 4. The monoisotopic (exact) mass is 553 g/mol. The molecule has 1 aliphatic heterocycles. The molecule has 0 spiro atoms. The number of imidazole rings is 1. The maximum atomic E-state index is 6.30. The fraction of sp³-hybridized carbons (Fsp3) is 0.409. The fourth-order valence-electron chi connectivity index (χ4n) is 3.76. The molecule has 0 amide bonds. The summed E-state index contributed by atoms with van der Waals surface area (Å²) < 4.78 is 0. The number of hydrogen-bond donors (Lipinski definition) is 3. The molecule has 3 aromatic rings. The summed E-state index contributed by atoms with van der Waals surface area (Å²) in [6, 6.07) is 12.2. The minimum absolute atomic E-state index is 0. The zero-order chi connectivity index (χ0) is 20.8. The van der Waals surface area contributed by atoms with Crippen LogP contribution in [0.15, 0.2) is 47.6 Å². The second-order valence-corrected chi connectivity index (χ2v) is 7.86. The maximum Gasteiger partial charge on any atom is 0.191 e. The van der Waals surface area contributed by atoms with Crippen LogP contribution in [0.4, 0.5) is 5.82 Å². The van der Waals surface area contributed by atoms with Crippen molar-refractivity contribution in [3.05, 3.63) is 53.4 Å². The zero-order valence-electron chi connectivity index (χ0n) is 17.6. The number of halogens is 2. The van der Waals surface area contributed by atoms with Gasteiger partial charge in [-0.1, -0.05) is 23.7 Å². The Morgan fingerprint density at radius 2 is 2.16 bits per heavy atom. The lowest BCUT2D eigenvalue weighted by Crippen LogP contribution is -2.44. The Morgan fingerprint density at radius 1 is 1.29 bits per heavy atom. The van der Waals surface area contributed by atoms with Crippen LogP contribution >= 0.6 is 35.6 Å². The number of pyridine rings is 1. The van der Waals surface area contributed by atoms with Gasteiger partial charge in [-0.3, -0.25) is 4.99 Å². The van der Waals surface area contributed by atoms with Gasteiger partial charge in [0.25, 0.3) is 0 Å². The van der Waals surface area contributed by atoms with Crippen LogP contribution in [0, 0.1) is 0 Å². The first kappa shape index (κ1) is 23.6. The van der Waals surface area contributed by atoms with Crippen molar-refractivity contribution in [2.24, 2.45) is 4.99 Å². The molecule has 1 aromatic carbocycles. The van der Waals surface area contributed by atoms with Crippen LogP contribution in [-0.4, -0.2) is 53.1 Å². The predicted molar refractivity (Wildman–Crippen MR) is 139 cm³/mol. The summed E-state index contributed by atoms with van der Waals surface area (Å²) in [5.74, 6) is 2.74. The minimum atomic E-state index is 0. The van der Waals surface area contributed by atoms with E-state index in [0.717, 1.165) is 74.1 Å². The van der Waals surface area contributed by atoms with Gasteiger partial charge in [0.15, 0.2) is 5.96 Å². The van der Waals surface area contributed by atoms with Gasteiger partial charge in [-0.25, -0.2) is 9.97 Å². The highest BCUT2D eigenvalue weighted by Gasteiger charge is 2.25. The molecule has 1 saturated heterocycles. The second kappa shape index (κ2) is 11.5. The number of benzene rings is 1. The van der Waals surface area contributed by atoms with Gasteiger partial charge in [0, 0.05) is 44.8 Å². The van der Waals surface area contributed by atoms with E-state index in [-0.39, 0.29) is 24.0 Å².